The zero-order valence-electron chi connectivity index (χ0n) is 28.9. The van der Waals surface area contributed by atoms with E-state index >= 15 is 0 Å². The molecule has 2 aromatic carbocycles. The lowest BCUT2D eigenvalue weighted by Gasteiger charge is -2.25. The fourth-order valence-corrected chi connectivity index (χ4v) is 5.85. The second-order valence-electron chi connectivity index (χ2n) is 12.2. The SMILES string of the molecule is CCOC(=O)c1nc(CNC(=O)[C@H](Cc2ccc(C(=O)OC[C@H](NC(=O)OC(C)(C)C)C(=O)OC)cc2)N2C(=O)c3ccccc3C2=O)sc1C. The number of thiazole rings is 1. The van der Waals surface area contributed by atoms with Crippen molar-refractivity contribution in [1.29, 1.82) is 0 Å². The van der Waals surface area contributed by atoms with Gasteiger partial charge in [-0.05, 0) is 64.4 Å². The predicted molar refractivity (Wildman–Crippen MR) is 181 cm³/mol. The Morgan fingerprint density at radius 2 is 1.55 bits per heavy atom. The first-order valence-corrected chi connectivity index (χ1v) is 16.7. The van der Waals surface area contributed by atoms with Crippen molar-refractivity contribution in [2.45, 2.75) is 65.3 Å². The Balaban J connectivity index is 1.49. The molecular formula is C35H38N4O11S. The molecule has 1 aromatic heterocycles. The predicted octanol–water partition coefficient (Wildman–Crippen LogP) is 3.38. The van der Waals surface area contributed by atoms with E-state index in [4.69, 9.17) is 18.9 Å². The van der Waals surface area contributed by atoms with Crippen LogP contribution in [0.3, 0.4) is 0 Å². The topological polar surface area (TPSA) is 197 Å². The van der Waals surface area contributed by atoms with Crippen molar-refractivity contribution < 1.29 is 52.5 Å². The van der Waals surface area contributed by atoms with E-state index in [0.29, 0.717) is 15.4 Å². The lowest BCUT2D eigenvalue weighted by atomic mass is 10.0. The number of carbonyl (C=O) groups is 7. The Morgan fingerprint density at radius 3 is 2.12 bits per heavy atom. The monoisotopic (exact) mass is 722 g/mol. The van der Waals surface area contributed by atoms with Crippen molar-refractivity contribution in [3.8, 4) is 0 Å². The Bertz CT molecular complexity index is 1800. The molecular weight excluding hydrogens is 684 g/mol. The number of hydrogen-bond donors (Lipinski definition) is 2. The highest BCUT2D eigenvalue weighted by Gasteiger charge is 2.42. The molecule has 51 heavy (non-hydrogen) atoms. The van der Waals surface area contributed by atoms with E-state index in [0.717, 1.165) is 12.0 Å². The smallest absolute Gasteiger partial charge is 0.408 e. The summed E-state index contributed by atoms with van der Waals surface area (Å²) in [6, 6.07) is 9.51. The van der Waals surface area contributed by atoms with Gasteiger partial charge in [0, 0.05) is 11.3 Å². The largest absolute Gasteiger partial charge is 0.467 e. The van der Waals surface area contributed by atoms with Gasteiger partial charge in [0.25, 0.3) is 11.8 Å². The number of aryl methyl sites for hydroxylation is 1. The summed E-state index contributed by atoms with van der Waals surface area (Å²) in [6.45, 7) is 7.86. The molecule has 1 aliphatic rings. The lowest BCUT2D eigenvalue weighted by Crippen LogP contribution is -2.50. The molecule has 16 heteroatoms. The molecule has 3 aromatic rings. The van der Waals surface area contributed by atoms with Crippen LogP contribution in [-0.4, -0.2) is 89.6 Å². The van der Waals surface area contributed by atoms with Crippen LogP contribution in [0.15, 0.2) is 48.5 Å². The molecule has 0 unspecified atom stereocenters. The van der Waals surface area contributed by atoms with Crippen LogP contribution in [0.25, 0.3) is 0 Å². The van der Waals surface area contributed by atoms with Gasteiger partial charge in [0.1, 0.15) is 23.3 Å². The molecule has 15 nitrogen and oxygen atoms in total. The summed E-state index contributed by atoms with van der Waals surface area (Å²) in [5.41, 5.74) is 0.216. The summed E-state index contributed by atoms with van der Waals surface area (Å²) < 4.78 is 20.1. The number of nitrogens with zero attached hydrogens (tertiary/aromatic N) is 2. The van der Waals surface area contributed by atoms with Crippen molar-refractivity contribution >= 4 is 53.1 Å². The first-order valence-electron chi connectivity index (χ1n) is 15.8. The molecule has 0 saturated carbocycles. The minimum Gasteiger partial charge on any atom is -0.467 e. The van der Waals surface area contributed by atoms with E-state index in [1.807, 2.05) is 0 Å². The number of ether oxygens (including phenoxy) is 4. The van der Waals surface area contributed by atoms with Crippen LogP contribution >= 0.6 is 11.3 Å². The quantitative estimate of drug-likeness (QED) is 0.149. The molecule has 2 N–H and O–H groups in total. The van der Waals surface area contributed by atoms with Crippen LogP contribution in [0.5, 0.6) is 0 Å². The van der Waals surface area contributed by atoms with Crippen molar-refractivity contribution in [1.82, 2.24) is 20.5 Å². The highest BCUT2D eigenvalue weighted by Crippen LogP contribution is 2.27. The van der Waals surface area contributed by atoms with Crippen molar-refractivity contribution in [3.05, 3.63) is 86.4 Å². The Kier molecular flexibility index (Phi) is 12.3. The molecule has 0 bridgehead atoms. The number of fused-ring (bicyclic) bond motifs is 1. The number of aromatic nitrogens is 1. The van der Waals surface area contributed by atoms with Gasteiger partial charge >= 0.3 is 24.0 Å². The van der Waals surface area contributed by atoms with Gasteiger partial charge in [0.15, 0.2) is 11.7 Å². The van der Waals surface area contributed by atoms with E-state index in [2.05, 4.69) is 15.6 Å². The Labute approximate surface area is 297 Å². The number of benzene rings is 2. The number of carbonyl (C=O) groups excluding carboxylic acids is 7. The maximum Gasteiger partial charge on any atom is 0.408 e. The number of nitrogens with one attached hydrogen (secondary N) is 2. The molecule has 0 saturated heterocycles. The van der Waals surface area contributed by atoms with Gasteiger partial charge in [-0.2, -0.15) is 0 Å². The molecule has 2 heterocycles. The summed E-state index contributed by atoms with van der Waals surface area (Å²) >= 11 is 1.20. The first-order chi connectivity index (χ1) is 24.1. The van der Waals surface area contributed by atoms with Crippen LogP contribution < -0.4 is 10.6 Å². The Morgan fingerprint density at radius 1 is 0.922 bits per heavy atom. The van der Waals surface area contributed by atoms with Gasteiger partial charge in [-0.3, -0.25) is 19.3 Å². The number of hydrogen-bond acceptors (Lipinski definition) is 13. The molecule has 0 spiro atoms. The van der Waals surface area contributed by atoms with Crippen molar-refractivity contribution in [2.75, 3.05) is 20.3 Å². The van der Waals surface area contributed by atoms with E-state index in [9.17, 15) is 33.6 Å². The average molecular weight is 723 g/mol. The van der Waals surface area contributed by atoms with Crippen LogP contribution in [0.1, 0.15) is 84.7 Å². The molecule has 270 valence electrons. The molecule has 0 fully saturated rings. The zero-order valence-corrected chi connectivity index (χ0v) is 29.7. The normalized spacial score (nSPS) is 13.5. The highest BCUT2D eigenvalue weighted by atomic mass is 32.1. The number of imide groups is 1. The fourth-order valence-electron chi connectivity index (χ4n) is 4.99. The number of esters is 3. The minimum absolute atomic E-state index is 0.0798. The van der Waals surface area contributed by atoms with E-state index < -0.39 is 66.0 Å². The van der Waals surface area contributed by atoms with Crippen LogP contribution in [0, 0.1) is 6.92 Å². The van der Waals surface area contributed by atoms with Crippen LogP contribution in [0.2, 0.25) is 0 Å². The second kappa shape index (κ2) is 16.4. The summed E-state index contributed by atoms with van der Waals surface area (Å²) in [5.74, 6) is -4.18. The van der Waals surface area contributed by atoms with Gasteiger partial charge in [-0.1, -0.05) is 24.3 Å². The van der Waals surface area contributed by atoms with Gasteiger partial charge < -0.3 is 29.6 Å². The number of alkyl carbamates (subject to hydrolysis) is 1. The van der Waals surface area contributed by atoms with Gasteiger partial charge in [-0.15, -0.1) is 11.3 Å². The number of amides is 4. The van der Waals surface area contributed by atoms with E-state index in [1.165, 1.54) is 47.7 Å². The zero-order chi connectivity index (χ0) is 37.5. The molecule has 0 aliphatic carbocycles. The van der Waals surface area contributed by atoms with Crippen molar-refractivity contribution in [2.24, 2.45) is 0 Å². The molecule has 2 atom stereocenters. The van der Waals surface area contributed by atoms with E-state index in [-0.39, 0.29) is 42.0 Å². The Hall–Kier alpha value is -5.64. The third-order valence-corrected chi connectivity index (χ3v) is 8.31. The maximum atomic E-state index is 13.7. The average Bonchev–Trinajstić information content (AvgIpc) is 3.59. The van der Waals surface area contributed by atoms with E-state index in [1.54, 1.807) is 46.8 Å². The second-order valence-corrected chi connectivity index (χ2v) is 13.5. The minimum atomic E-state index is -1.34. The standard InChI is InChI=1S/C35H38N4O11S/c1-7-48-33(45)27-19(2)51-26(38-27)17-36-28(40)25(39-29(41)22-10-8-9-11-23(22)30(39)42)16-20-12-14-21(15-13-20)31(43)49-18-24(32(44)47-6)37-34(46)50-35(3,4)5/h8-15,24-25H,7,16-18H2,1-6H3,(H,36,40)(H,37,46)/t24-,25-/m0/s1. The van der Waals surface area contributed by atoms with Gasteiger partial charge in [0.05, 0.1) is 37.0 Å². The number of rotatable bonds is 13. The third-order valence-electron chi connectivity index (χ3n) is 7.34. The molecule has 0 radical (unpaired) electrons. The molecule has 1 aliphatic heterocycles. The summed E-state index contributed by atoms with van der Waals surface area (Å²) in [6.07, 6.45) is -1.01. The third kappa shape index (κ3) is 9.54. The van der Waals surface area contributed by atoms with Crippen LogP contribution in [-0.2, 0) is 41.5 Å². The first kappa shape index (κ1) is 38.2. The summed E-state index contributed by atoms with van der Waals surface area (Å²) in [5, 5.41) is 5.47. The summed E-state index contributed by atoms with van der Waals surface area (Å²) in [7, 11) is 1.12. The lowest BCUT2D eigenvalue weighted by molar-refractivity contribution is -0.144. The number of methoxy groups -OCH3 is 1. The molecule has 4 rings (SSSR count). The maximum absolute atomic E-state index is 13.7. The van der Waals surface area contributed by atoms with Gasteiger partial charge in [-0.25, -0.2) is 24.2 Å². The van der Waals surface area contributed by atoms with Crippen molar-refractivity contribution in [3.63, 3.8) is 0 Å². The highest BCUT2D eigenvalue weighted by molar-refractivity contribution is 7.11. The summed E-state index contributed by atoms with van der Waals surface area (Å²) in [4.78, 5) is 95.8. The van der Waals surface area contributed by atoms with Crippen LogP contribution in [0.4, 0.5) is 4.79 Å². The van der Waals surface area contributed by atoms with Gasteiger partial charge in [0.2, 0.25) is 5.91 Å². The molecule has 4 amide bonds. The fraction of sp³-hybridized carbons (Fsp3) is 0.371.